The van der Waals surface area contributed by atoms with Crippen molar-refractivity contribution in [3.63, 3.8) is 0 Å². The molecule has 0 aliphatic carbocycles. The van der Waals surface area contributed by atoms with Gasteiger partial charge in [0.15, 0.2) is 0 Å². The summed E-state index contributed by atoms with van der Waals surface area (Å²) in [7, 11) is 0. The SMILES string of the molecule is O=C(O)c1ccc2ccc3cccc4cc(C(=O)O)c1c2c34. The summed E-state index contributed by atoms with van der Waals surface area (Å²) < 4.78 is 0. The summed E-state index contributed by atoms with van der Waals surface area (Å²) in [4.78, 5) is 23.2. The third kappa shape index (κ3) is 1.52. The number of rotatable bonds is 2. The number of benzene rings is 4. The summed E-state index contributed by atoms with van der Waals surface area (Å²) in [5.74, 6) is -2.25. The zero-order valence-corrected chi connectivity index (χ0v) is 11.3. The van der Waals surface area contributed by atoms with E-state index in [0.717, 1.165) is 21.5 Å². The highest BCUT2D eigenvalue weighted by Crippen LogP contribution is 2.38. The maximum absolute atomic E-state index is 11.6. The van der Waals surface area contributed by atoms with Crippen molar-refractivity contribution in [1.82, 2.24) is 0 Å². The van der Waals surface area contributed by atoms with E-state index in [4.69, 9.17) is 0 Å². The minimum Gasteiger partial charge on any atom is -0.478 e. The lowest BCUT2D eigenvalue weighted by molar-refractivity contribution is 0.0695. The number of aromatic carboxylic acids is 2. The molecule has 0 saturated heterocycles. The van der Waals surface area contributed by atoms with Crippen molar-refractivity contribution in [2.75, 3.05) is 0 Å². The molecule has 0 spiro atoms. The number of hydrogen-bond acceptors (Lipinski definition) is 2. The molecule has 22 heavy (non-hydrogen) atoms. The molecule has 4 nitrogen and oxygen atoms in total. The molecule has 0 aromatic heterocycles. The summed E-state index contributed by atoms with van der Waals surface area (Å²) in [6, 6.07) is 14.3. The van der Waals surface area contributed by atoms with Gasteiger partial charge >= 0.3 is 11.9 Å². The first-order valence-corrected chi connectivity index (χ1v) is 6.75. The van der Waals surface area contributed by atoms with Crippen LogP contribution < -0.4 is 0 Å². The number of carbonyl (C=O) groups is 2. The van der Waals surface area contributed by atoms with Crippen LogP contribution in [0.3, 0.4) is 0 Å². The largest absolute Gasteiger partial charge is 0.478 e. The Hall–Kier alpha value is -3.14. The Labute approximate surface area is 124 Å². The van der Waals surface area contributed by atoms with Crippen LogP contribution in [-0.2, 0) is 0 Å². The Balaban J connectivity index is 2.42. The van der Waals surface area contributed by atoms with Crippen LogP contribution in [0, 0.1) is 0 Å². The number of carboxylic acid groups (broad SMARTS) is 2. The van der Waals surface area contributed by atoms with E-state index < -0.39 is 11.9 Å². The van der Waals surface area contributed by atoms with Gasteiger partial charge in [-0.1, -0.05) is 36.4 Å². The van der Waals surface area contributed by atoms with Gasteiger partial charge in [-0.15, -0.1) is 0 Å². The van der Waals surface area contributed by atoms with Gasteiger partial charge in [0.2, 0.25) is 0 Å². The monoisotopic (exact) mass is 290 g/mol. The minimum atomic E-state index is -1.12. The van der Waals surface area contributed by atoms with Gasteiger partial charge in [0.25, 0.3) is 0 Å². The second-order valence-corrected chi connectivity index (χ2v) is 5.27. The summed E-state index contributed by atoms with van der Waals surface area (Å²) in [6.07, 6.45) is 0. The van der Waals surface area contributed by atoms with Crippen LogP contribution in [0.4, 0.5) is 0 Å². The first-order valence-electron chi connectivity index (χ1n) is 6.75. The van der Waals surface area contributed by atoms with Crippen LogP contribution >= 0.6 is 0 Å². The van der Waals surface area contributed by atoms with Gasteiger partial charge in [-0.2, -0.15) is 0 Å². The summed E-state index contributed by atoms with van der Waals surface area (Å²) in [5.41, 5.74) is 0.0392. The van der Waals surface area contributed by atoms with E-state index in [1.54, 1.807) is 12.1 Å². The lowest BCUT2D eigenvalue weighted by Gasteiger charge is -2.14. The lowest BCUT2D eigenvalue weighted by atomic mass is 9.89. The van der Waals surface area contributed by atoms with Gasteiger partial charge in [-0.25, -0.2) is 9.59 Å². The van der Waals surface area contributed by atoms with Crippen LogP contribution in [-0.4, -0.2) is 22.2 Å². The Bertz CT molecular complexity index is 1080. The standard InChI is InChI=1S/C18H10O4/c19-17(20)12-7-6-10-5-4-9-2-1-3-11-8-13(18(21)22)16(12)15(10)14(9)11/h1-8H,(H,19,20)(H,21,22). The van der Waals surface area contributed by atoms with Crippen molar-refractivity contribution in [3.05, 3.63) is 59.7 Å². The van der Waals surface area contributed by atoms with Crippen molar-refractivity contribution in [3.8, 4) is 0 Å². The van der Waals surface area contributed by atoms with E-state index in [-0.39, 0.29) is 11.1 Å². The minimum absolute atomic E-state index is 0.0168. The van der Waals surface area contributed by atoms with Crippen LogP contribution in [0.25, 0.3) is 32.3 Å². The fourth-order valence-corrected chi connectivity index (χ4v) is 3.20. The zero-order valence-electron chi connectivity index (χ0n) is 11.3. The molecular formula is C18H10O4. The number of carboxylic acids is 2. The smallest absolute Gasteiger partial charge is 0.336 e. The van der Waals surface area contributed by atoms with Crippen LogP contribution in [0.1, 0.15) is 20.7 Å². The topological polar surface area (TPSA) is 74.6 Å². The molecule has 0 atom stereocenters. The quantitative estimate of drug-likeness (QED) is 0.547. The van der Waals surface area contributed by atoms with Gasteiger partial charge in [0.1, 0.15) is 0 Å². The Morgan fingerprint density at radius 2 is 1.23 bits per heavy atom. The normalized spacial score (nSPS) is 11.5. The molecular weight excluding hydrogens is 280 g/mol. The van der Waals surface area contributed by atoms with Gasteiger partial charge < -0.3 is 10.2 Å². The molecule has 0 fully saturated rings. The molecule has 0 saturated carbocycles. The van der Waals surface area contributed by atoms with Crippen molar-refractivity contribution < 1.29 is 19.8 Å². The van der Waals surface area contributed by atoms with Gasteiger partial charge in [0.05, 0.1) is 11.1 Å². The van der Waals surface area contributed by atoms with Crippen molar-refractivity contribution in [2.45, 2.75) is 0 Å². The maximum Gasteiger partial charge on any atom is 0.336 e. The Morgan fingerprint density at radius 3 is 1.91 bits per heavy atom. The van der Waals surface area contributed by atoms with Crippen molar-refractivity contribution in [1.29, 1.82) is 0 Å². The van der Waals surface area contributed by atoms with E-state index in [9.17, 15) is 19.8 Å². The fourth-order valence-electron chi connectivity index (χ4n) is 3.20. The molecule has 0 radical (unpaired) electrons. The van der Waals surface area contributed by atoms with E-state index in [1.807, 2.05) is 30.3 Å². The molecule has 0 amide bonds. The summed E-state index contributed by atoms with van der Waals surface area (Å²) in [6.45, 7) is 0. The molecule has 0 heterocycles. The maximum atomic E-state index is 11.6. The molecule has 4 rings (SSSR count). The molecule has 106 valence electrons. The van der Waals surface area contributed by atoms with Gasteiger partial charge in [0, 0.05) is 5.39 Å². The van der Waals surface area contributed by atoms with Gasteiger partial charge in [-0.3, -0.25) is 0 Å². The highest BCUT2D eigenvalue weighted by molar-refractivity contribution is 6.29. The molecule has 0 bridgehead atoms. The van der Waals surface area contributed by atoms with Crippen LogP contribution in [0.2, 0.25) is 0 Å². The third-order valence-corrected chi connectivity index (χ3v) is 4.09. The van der Waals surface area contributed by atoms with Crippen LogP contribution in [0.15, 0.2) is 48.5 Å². The molecule has 0 aliphatic heterocycles. The Kier molecular flexibility index (Phi) is 2.39. The molecule has 0 unspecified atom stereocenters. The summed E-state index contributed by atoms with van der Waals surface area (Å²) >= 11 is 0. The zero-order chi connectivity index (χ0) is 15.4. The van der Waals surface area contributed by atoms with Crippen molar-refractivity contribution >= 4 is 44.3 Å². The van der Waals surface area contributed by atoms with E-state index in [2.05, 4.69) is 0 Å². The van der Waals surface area contributed by atoms with E-state index >= 15 is 0 Å². The van der Waals surface area contributed by atoms with Crippen molar-refractivity contribution in [2.24, 2.45) is 0 Å². The predicted molar refractivity (Wildman–Crippen MR) is 84.1 cm³/mol. The summed E-state index contributed by atoms with van der Waals surface area (Å²) in [5, 5.41) is 23.5. The second kappa shape index (κ2) is 4.18. The predicted octanol–water partition coefficient (Wildman–Crippen LogP) is 3.98. The molecule has 4 aromatic carbocycles. The van der Waals surface area contributed by atoms with E-state index in [0.29, 0.717) is 10.8 Å². The number of hydrogen-bond donors (Lipinski definition) is 2. The molecule has 2 N–H and O–H groups in total. The molecule has 4 aromatic rings. The average molecular weight is 290 g/mol. The highest BCUT2D eigenvalue weighted by atomic mass is 16.4. The molecule has 0 aliphatic rings. The highest BCUT2D eigenvalue weighted by Gasteiger charge is 2.20. The van der Waals surface area contributed by atoms with Gasteiger partial charge in [-0.05, 0) is 39.1 Å². The van der Waals surface area contributed by atoms with Crippen LogP contribution in [0.5, 0.6) is 0 Å². The third-order valence-electron chi connectivity index (χ3n) is 4.09. The lowest BCUT2D eigenvalue weighted by Crippen LogP contribution is -2.05. The van der Waals surface area contributed by atoms with E-state index in [1.165, 1.54) is 6.07 Å². The molecule has 4 heteroatoms. The average Bonchev–Trinajstić information content (AvgIpc) is 2.51. The Morgan fingerprint density at radius 1 is 0.636 bits per heavy atom. The first kappa shape index (κ1) is 12.6. The fraction of sp³-hybridized carbons (Fsp3) is 0. The second-order valence-electron chi connectivity index (χ2n) is 5.27. The first-order chi connectivity index (χ1) is 10.6.